The summed E-state index contributed by atoms with van der Waals surface area (Å²) in [6, 6.07) is 21.6. The van der Waals surface area contributed by atoms with Gasteiger partial charge >= 0.3 is 0 Å². The Morgan fingerprint density at radius 1 is 0.962 bits per heavy atom. The monoisotopic (exact) mass is 359 g/mol. The summed E-state index contributed by atoms with van der Waals surface area (Å²) in [6.45, 7) is 0.580. The SMILES string of the molecule is O=C(NCCc1ccccc1)c1cccnc1-c1nc2ccccc2s1. The van der Waals surface area contributed by atoms with Crippen LogP contribution in [0.1, 0.15) is 15.9 Å². The van der Waals surface area contributed by atoms with Gasteiger partial charge in [-0.25, -0.2) is 4.98 Å². The molecule has 0 aliphatic heterocycles. The lowest BCUT2D eigenvalue weighted by atomic mass is 10.1. The fourth-order valence-electron chi connectivity index (χ4n) is 2.79. The number of nitrogens with zero attached hydrogens (tertiary/aromatic N) is 2. The number of hydrogen-bond acceptors (Lipinski definition) is 4. The minimum Gasteiger partial charge on any atom is -0.352 e. The third kappa shape index (κ3) is 3.48. The first kappa shape index (κ1) is 16.4. The van der Waals surface area contributed by atoms with Gasteiger partial charge in [0.2, 0.25) is 0 Å². The quantitative estimate of drug-likeness (QED) is 0.577. The second kappa shape index (κ2) is 7.45. The summed E-state index contributed by atoms with van der Waals surface area (Å²) < 4.78 is 1.09. The zero-order valence-corrected chi connectivity index (χ0v) is 14.9. The van der Waals surface area contributed by atoms with Crippen LogP contribution in [0.25, 0.3) is 20.9 Å². The molecule has 128 valence electrons. The van der Waals surface area contributed by atoms with E-state index in [9.17, 15) is 4.79 Å². The van der Waals surface area contributed by atoms with E-state index in [-0.39, 0.29) is 5.91 Å². The highest BCUT2D eigenvalue weighted by molar-refractivity contribution is 7.21. The minimum atomic E-state index is -0.122. The summed E-state index contributed by atoms with van der Waals surface area (Å²) in [5, 5.41) is 3.75. The first-order valence-electron chi connectivity index (χ1n) is 8.44. The van der Waals surface area contributed by atoms with Crippen LogP contribution in [0.15, 0.2) is 72.9 Å². The van der Waals surface area contributed by atoms with Gasteiger partial charge in [-0.05, 0) is 36.2 Å². The van der Waals surface area contributed by atoms with Crippen LogP contribution in [0.4, 0.5) is 0 Å². The van der Waals surface area contributed by atoms with Gasteiger partial charge in [0.05, 0.1) is 15.8 Å². The molecule has 0 bridgehead atoms. The fraction of sp³-hybridized carbons (Fsp3) is 0.0952. The maximum absolute atomic E-state index is 12.7. The number of nitrogens with one attached hydrogen (secondary N) is 1. The lowest BCUT2D eigenvalue weighted by molar-refractivity contribution is 0.0954. The van der Waals surface area contributed by atoms with Crippen LogP contribution < -0.4 is 5.32 Å². The average molecular weight is 359 g/mol. The van der Waals surface area contributed by atoms with Crippen LogP contribution in [0.3, 0.4) is 0 Å². The highest BCUT2D eigenvalue weighted by Crippen LogP contribution is 2.30. The predicted octanol–water partition coefficient (Wildman–Crippen LogP) is 4.33. The Labute approximate surface area is 155 Å². The molecule has 0 saturated heterocycles. The van der Waals surface area contributed by atoms with E-state index in [1.807, 2.05) is 42.5 Å². The molecule has 0 aliphatic rings. The molecule has 1 N–H and O–H groups in total. The number of aromatic nitrogens is 2. The standard InChI is InChI=1S/C21H17N3OS/c25-20(23-14-12-15-7-2-1-3-8-15)16-9-6-13-22-19(16)21-24-17-10-4-5-11-18(17)26-21/h1-11,13H,12,14H2,(H,23,25). The lowest BCUT2D eigenvalue weighted by Gasteiger charge is -2.08. The van der Waals surface area contributed by atoms with Crippen molar-refractivity contribution in [3.05, 3.63) is 84.1 Å². The van der Waals surface area contributed by atoms with E-state index in [1.54, 1.807) is 29.7 Å². The normalized spacial score (nSPS) is 10.8. The van der Waals surface area contributed by atoms with Crippen molar-refractivity contribution < 1.29 is 4.79 Å². The van der Waals surface area contributed by atoms with E-state index in [4.69, 9.17) is 0 Å². The van der Waals surface area contributed by atoms with Crippen molar-refractivity contribution in [1.29, 1.82) is 0 Å². The Morgan fingerprint density at radius 2 is 1.77 bits per heavy atom. The van der Waals surface area contributed by atoms with Crippen molar-refractivity contribution in [3.63, 3.8) is 0 Å². The Bertz CT molecular complexity index is 1010. The maximum Gasteiger partial charge on any atom is 0.253 e. The van der Waals surface area contributed by atoms with Crippen LogP contribution in [0.5, 0.6) is 0 Å². The predicted molar refractivity (Wildman–Crippen MR) is 105 cm³/mol. The van der Waals surface area contributed by atoms with Crippen molar-refractivity contribution in [2.75, 3.05) is 6.54 Å². The van der Waals surface area contributed by atoms with Crippen molar-refractivity contribution in [3.8, 4) is 10.7 Å². The molecule has 2 heterocycles. The number of carbonyl (C=O) groups excluding carboxylic acids is 1. The van der Waals surface area contributed by atoms with E-state index >= 15 is 0 Å². The number of carbonyl (C=O) groups is 1. The number of fused-ring (bicyclic) bond motifs is 1. The Kier molecular flexibility index (Phi) is 4.71. The van der Waals surface area contributed by atoms with Gasteiger partial charge < -0.3 is 5.32 Å². The number of benzene rings is 2. The van der Waals surface area contributed by atoms with Crippen molar-refractivity contribution in [2.24, 2.45) is 0 Å². The van der Waals surface area contributed by atoms with E-state index < -0.39 is 0 Å². The summed E-state index contributed by atoms with van der Waals surface area (Å²) in [5.74, 6) is -0.122. The molecular weight excluding hydrogens is 342 g/mol. The fourth-order valence-corrected chi connectivity index (χ4v) is 3.77. The van der Waals surface area contributed by atoms with Crippen molar-refractivity contribution >= 4 is 27.5 Å². The zero-order chi connectivity index (χ0) is 17.8. The molecule has 0 radical (unpaired) electrons. The van der Waals surface area contributed by atoms with Crippen LogP contribution in [0, 0.1) is 0 Å². The Morgan fingerprint density at radius 3 is 2.62 bits per heavy atom. The molecule has 0 unspecified atom stereocenters. The summed E-state index contributed by atoms with van der Waals surface area (Å²) in [7, 11) is 0. The number of para-hydroxylation sites is 1. The van der Waals surface area contributed by atoms with E-state index in [2.05, 4.69) is 27.4 Å². The smallest absolute Gasteiger partial charge is 0.253 e. The number of pyridine rings is 1. The summed E-state index contributed by atoms with van der Waals surface area (Å²) in [6.07, 6.45) is 2.49. The van der Waals surface area contributed by atoms with Gasteiger partial charge in [-0.1, -0.05) is 42.5 Å². The molecular formula is C21H17N3OS. The zero-order valence-electron chi connectivity index (χ0n) is 14.1. The molecule has 0 fully saturated rings. The molecule has 4 aromatic rings. The van der Waals surface area contributed by atoms with E-state index in [0.717, 1.165) is 21.6 Å². The molecule has 4 rings (SSSR count). The maximum atomic E-state index is 12.7. The van der Waals surface area contributed by atoms with Crippen molar-refractivity contribution in [1.82, 2.24) is 15.3 Å². The Hall–Kier alpha value is -3.05. The van der Waals surface area contributed by atoms with Gasteiger partial charge in [-0.2, -0.15) is 0 Å². The number of amides is 1. The molecule has 0 spiro atoms. The van der Waals surface area contributed by atoms with E-state index in [1.165, 1.54) is 5.56 Å². The number of rotatable bonds is 5. The largest absolute Gasteiger partial charge is 0.352 e. The molecule has 4 nitrogen and oxygen atoms in total. The third-order valence-corrected chi connectivity index (χ3v) is 5.13. The second-order valence-electron chi connectivity index (χ2n) is 5.88. The van der Waals surface area contributed by atoms with Gasteiger partial charge in [0.25, 0.3) is 5.91 Å². The van der Waals surface area contributed by atoms with Gasteiger partial charge in [0, 0.05) is 12.7 Å². The van der Waals surface area contributed by atoms with Crippen LogP contribution in [0.2, 0.25) is 0 Å². The molecule has 0 saturated carbocycles. The van der Waals surface area contributed by atoms with E-state index in [0.29, 0.717) is 17.8 Å². The minimum absolute atomic E-state index is 0.122. The molecule has 0 aliphatic carbocycles. The first-order valence-corrected chi connectivity index (χ1v) is 9.26. The van der Waals surface area contributed by atoms with Crippen LogP contribution in [-0.2, 0) is 6.42 Å². The topological polar surface area (TPSA) is 54.9 Å². The molecule has 5 heteroatoms. The average Bonchev–Trinajstić information content (AvgIpc) is 3.13. The third-order valence-electron chi connectivity index (χ3n) is 4.09. The lowest BCUT2D eigenvalue weighted by Crippen LogP contribution is -2.26. The highest BCUT2D eigenvalue weighted by atomic mass is 32.1. The molecule has 1 amide bonds. The van der Waals surface area contributed by atoms with Gasteiger partial charge in [0.1, 0.15) is 10.7 Å². The van der Waals surface area contributed by atoms with Gasteiger partial charge in [0.15, 0.2) is 0 Å². The second-order valence-corrected chi connectivity index (χ2v) is 6.91. The molecule has 0 atom stereocenters. The van der Waals surface area contributed by atoms with Gasteiger partial charge in [-0.15, -0.1) is 11.3 Å². The van der Waals surface area contributed by atoms with Gasteiger partial charge in [-0.3, -0.25) is 9.78 Å². The highest BCUT2D eigenvalue weighted by Gasteiger charge is 2.16. The van der Waals surface area contributed by atoms with Crippen LogP contribution in [-0.4, -0.2) is 22.4 Å². The molecule has 26 heavy (non-hydrogen) atoms. The summed E-state index contributed by atoms with van der Waals surface area (Å²) in [4.78, 5) is 21.7. The first-order chi connectivity index (χ1) is 12.8. The summed E-state index contributed by atoms with van der Waals surface area (Å²) >= 11 is 1.55. The molecule has 2 aromatic carbocycles. The van der Waals surface area contributed by atoms with Crippen LogP contribution >= 0.6 is 11.3 Å². The number of hydrogen-bond donors (Lipinski definition) is 1. The number of thiazole rings is 1. The summed E-state index contributed by atoms with van der Waals surface area (Å²) in [5.41, 5.74) is 3.31. The van der Waals surface area contributed by atoms with Crippen molar-refractivity contribution in [2.45, 2.75) is 6.42 Å². The Balaban J connectivity index is 1.54. The molecule has 2 aromatic heterocycles.